The van der Waals surface area contributed by atoms with E-state index >= 15 is 0 Å². The Morgan fingerprint density at radius 3 is 2.38 bits per heavy atom. The van der Waals surface area contributed by atoms with Gasteiger partial charge in [-0.1, -0.05) is 44.5 Å². The number of hydrogen-bond donors (Lipinski definition) is 1. The van der Waals surface area contributed by atoms with Crippen LogP contribution in [0.15, 0.2) is 24.3 Å². The van der Waals surface area contributed by atoms with Gasteiger partial charge in [-0.15, -0.1) is 0 Å². The molecule has 1 heterocycles. The van der Waals surface area contributed by atoms with Crippen molar-refractivity contribution >= 4 is 23.5 Å². The Balaban J connectivity index is 1.94. The van der Waals surface area contributed by atoms with E-state index in [-0.39, 0.29) is 17.4 Å². The summed E-state index contributed by atoms with van der Waals surface area (Å²) < 4.78 is 0. The quantitative estimate of drug-likeness (QED) is 0.889. The summed E-state index contributed by atoms with van der Waals surface area (Å²) in [5.41, 5.74) is 0.568. The molecule has 0 unspecified atom stereocenters. The summed E-state index contributed by atoms with van der Waals surface area (Å²) in [6.45, 7) is 9.22. The summed E-state index contributed by atoms with van der Waals surface area (Å²) in [5, 5.41) is 3.43. The van der Waals surface area contributed by atoms with Crippen molar-refractivity contribution in [1.82, 2.24) is 15.1 Å². The van der Waals surface area contributed by atoms with Crippen molar-refractivity contribution in [3.8, 4) is 0 Å². The predicted octanol–water partition coefficient (Wildman–Crippen LogP) is 3.24. The molecule has 0 spiro atoms. The Hall–Kier alpha value is -1.75. The first-order valence-electron chi connectivity index (χ1n) is 8.34. The SMILES string of the molecule is CC(C)(C)CNC(=O)N1CCCN(C(=O)c2ccccc2Cl)CC1. The molecule has 0 atom stereocenters. The van der Waals surface area contributed by atoms with Gasteiger partial charge in [-0.25, -0.2) is 4.79 Å². The minimum atomic E-state index is -0.0717. The highest BCUT2D eigenvalue weighted by atomic mass is 35.5. The largest absolute Gasteiger partial charge is 0.337 e. The third-order valence-electron chi connectivity index (χ3n) is 3.94. The van der Waals surface area contributed by atoms with Gasteiger partial charge in [0.15, 0.2) is 0 Å². The monoisotopic (exact) mass is 351 g/mol. The summed E-state index contributed by atoms with van der Waals surface area (Å²) in [6.07, 6.45) is 0.763. The molecule has 0 saturated carbocycles. The Labute approximate surface area is 149 Å². The number of carbonyl (C=O) groups is 2. The number of halogens is 1. The summed E-state index contributed by atoms with van der Waals surface area (Å²) in [6, 6.07) is 7.02. The maximum Gasteiger partial charge on any atom is 0.317 e. The number of urea groups is 1. The van der Waals surface area contributed by atoms with E-state index in [4.69, 9.17) is 11.6 Å². The van der Waals surface area contributed by atoms with E-state index in [0.717, 1.165) is 6.42 Å². The van der Waals surface area contributed by atoms with E-state index in [0.29, 0.717) is 43.3 Å². The average Bonchev–Trinajstić information content (AvgIpc) is 2.78. The summed E-state index contributed by atoms with van der Waals surface area (Å²) >= 11 is 6.12. The molecule has 0 bridgehead atoms. The number of nitrogens with zero attached hydrogens (tertiary/aromatic N) is 2. The van der Waals surface area contributed by atoms with Gasteiger partial charge in [-0.3, -0.25) is 4.79 Å². The second-order valence-electron chi connectivity index (χ2n) is 7.33. The van der Waals surface area contributed by atoms with E-state index in [1.807, 2.05) is 12.1 Å². The fourth-order valence-corrected chi connectivity index (χ4v) is 2.80. The molecule has 2 rings (SSSR count). The lowest BCUT2D eigenvalue weighted by molar-refractivity contribution is 0.0762. The smallest absolute Gasteiger partial charge is 0.317 e. The van der Waals surface area contributed by atoms with Crippen LogP contribution in [0, 0.1) is 5.41 Å². The van der Waals surface area contributed by atoms with Crippen molar-refractivity contribution in [2.75, 3.05) is 32.7 Å². The molecule has 1 N–H and O–H groups in total. The van der Waals surface area contributed by atoms with Crippen molar-refractivity contribution in [2.24, 2.45) is 5.41 Å². The van der Waals surface area contributed by atoms with E-state index < -0.39 is 0 Å². The van der Waals surface area contributed by atoms with Crippen LogP contribution in [-0.2, 0) is 0 Å². The van der Waals surface area contributed by atoms with Crippen LogP contribution >= 0.6 is 11.6 Å². The van der Waals surface area contributed by atoms with Gasteiger partial charge in [0.2, 0.25) is 0 Å². The minimum absolute atomic E-state index is 0.0492. The fraction of sp³-hybridized carbons (Fsp3) is 0.556. The Morgan fingerprint density at radius 1 is 1.08 bits per heavy atom. The first-order chi connectivity index (χ1) is 11.3. The Morgan fingerprint density at radius 2 is 1.71 bits per heavy atom. The first-order valence-corrected chi connectivity index (χ1v) is 8.72. The predicted molar refractivity (Wildman–Crippen MR) is 96.4 cm³/mol. The molecule has 1 aliphatic rings. The standard InChI is InChI=1S/C18H26ClN3O2/c1-18(2,3)13-20-17(24)22-10-6-9-21(11-12-22)16(23)14-7-4-5-8-15(14)19/h4-5,7-8H,6,9-13H2,1-3H3,(H,20,24). The number of benzene rings is 1. The second kappa shape index (κ2) is 7.88. The Kier molecular flexibility index (Phi) is 6.10. The van der Waals surface area contributed by atoms with Crippen LogP contribution < -0.4 is 5.32 Å². The van der Waals surface area contributed by atoms with Crippen molar-refractivity contribution < 1.29 is 9.59 Å². The zero-order valence-electron chi connectivity index (χ0n) is 14.6. The molecule has 3 amide bonds. The third kappa shape index (κ3) is 5.13. The summed E-state index contributed by atoms with van der Waals surface area (Å²) in [4.78, 5) is 28.5. The fourth-order valence-electron chi connectivity index (χ4n) is 2.58. The van der Waals surface area contributed by atoms with Gasteiger partial charge in [0.05, 0.1) is 10.6 Å². The minimum Gasteiger partial charge on any atom is -0.337 e. The lowest BCUT2D eigenvalue weighted by Crippen LogP contribution is -2.44. The number of amides is 3. The van der Waals surface area contributed by atoms with Gasteiger partial charge in [0.1, 0.15) is 0 Å². The van der Waals surface area contributed by atoms with Crippen LogP contribution in [0.5, 0.6) is 0 Å². The topological polar surface area (TPSA) is 52.7 Å². The molecule has 5 nitrogen and oxygen atoms in total. The highest BCUT2D eigenvalue weighted by molar-refractivity contribution is 6.33. The number of carbonyl (C=O) groups excluding carboxylic acids is 2. The number of hydrogen-bond acceptors (Lipinski definition) is 2. The number of rotatable bonds is 2. The average molecular weight is 352 g/mol. The second-order valence-corrected chi connectivity index (χ2v) is 7.74. The molecule has 1 aliphatic heterocycles. The maximum absolute atomic E-state index is 12.6. The van der Waals surface area contributed by atoms with Gasteiger partial charge >= 0.3 is 6.03 Å². The van der Waals surface area contributed by atoms with Gasteiger partial charge in [0.25, 0.3) is 5.91 Å². The summed E-state index contributed by atoms with van der Waals surface area (Å²) in [7, 11) is 0. The summed E-state index contributed by atoms with van der Waals surface area (Å²) in [5.74, 6) is -0.0717. The molecular weight excluding hydrogens is 326 g/mol. The van der Waals surface area contributed by atoms with Crippen LogP contribution in [0.2, 0.25) is 5.02 Å². The third-order valence-corrected chi connectivity index (χ3v) is 4.27. The molecule has 0 aromatic heterocycles. The van der Waals surface area contributed by atoms with Crippen molar-refractivity contribution in [3.63, 3.8) is 0 Å². The molecule has 132 valence electrons. The van der Waals surface area contributed by atoms with Gasteiger partial charge < -0.3 is 15.1 Å². The molecular formula is C18H26ClN3O2. The van der Waals surface area contributed by atoms with Gasteiger partial charge in [-0.2, -0.15) is 0 Å². The van der Waals surface area contributed by atoms with E-state index in [9.17, 15) is 9.59 Å². The van der Waals surface area contributed by atoms with Crippen LogP contribution in [0.25, 0.3) is 0 Å². The number of nitrogens with one attached hydrogen (secondary N) is 1. The van der Waals surface area contributed by atoms with Gasteiger partial charge in [0, 0.05) is 32.7 Å². The molecule has 0 aliphatic carbocycles. The first kappa shape index (κ1) is 18.6. The molecule has 1 aromatic carbocycles. The molecule has 24 heavy (non-hydrogen) atoms. The van der Waals surface area contributed by atoms with Crippen LogP contribution in [0.1, 0.15) is 37.6 Å². The van der Waals surface area contributed by atoms with E-state index in [1.165, 1.54) is 0 Å². The molecule has 1 aromatic rings. The Bertz CT molecular complexity index is 598. The molecule has 1 saturated heterocycles. The highest BCUT2D eigenvalue weighted by Gasteiger charge is 2.24. The zero-order valence-corrected chi connectivity index (χ0v) is 15.4. The lowest BCUT2D eigenvalue weighted by atomic mass is 9.97. The van der Waals surface area contributed by atoms with Crippen LogP contribution in [-0.4, -0.2) is 54.5 Å². The molecule has 6 heteroatoms. The zero-order chi connectivity index (χ0) is 17.7. The van der Waals surface area contributed by atoms with Gasteiger partial charge in [-0.05, 0) is 24.0 Å². The van der Waals surface area contributed by atoms with Crippen molar-refractivity contribution in [2.45, 2.75) is 27.2 Å². The molecule has 0 radical (unpaired) electrons. The van der Waals surface area contributed by atoms with Crippen LogP contribution in [0.3, 0.4) is 0 Å². The van der Waals surface area contributed by atoms with E-state index in [1.54, 1.807) is 21.9 Å². The lowest BCUT2D eigenvalue weighted by Gasteiger charge is -2.25. The van der Waals surface area contributed by atoms with Crippen molar-refractivity contribution in [1.29, 1.82) is 0 Å². The van der Waals surface area contributed by atoms with E-state index in [2.05, 4.69) is 26.1 Å². The van der Waals surface area contributed by atoms with Crippen molar-refractivity contribution in [3.05, 3.63) is 34.9 Å². The normalized spacial score (nSPS) is 15.8. The molecule has 1 fully saturated rings. The maximum atomic E-state index is 12.6. The highest BCUT2D eigenvalue weighted by Crippen LogP contribution is 2.18. The van der Waals surface area contributed by atoms with Crippen LogP contribution in [0.4, 0.5) is 4.79 Å².